The molecule has 1 saturated heterocycles. The van der Waals surface area contributed by atoms with Crippen LogP contribution >= 0.6 is 0 Å². The molecule has 1 atom stereocenters. The zero-order chi connectivity index (χ0) is 18.7. The first kappa shape index (κ1) is 19.4. The Morgan fingerprint density at radius 3 is 2.96 bits per heavy atom. The highest BCUT2D eigenvalue weighted by Gasteiger charge is 2.15. The van der Waals surface area contributed by atoms with Crippen LogP contribution < -0.4 is 10.6 Å². The summed E-state index contributed by atoms with van der Waals surface area (Å²) >= 11 is 0. The van der Waals surface area contributed by atoms with Crippen LogP contribution in [0, 0.1) is 5.92 Å². The first-order valence-corrected chi connectivity index (χ1v) is 9.45. The van der Waals surface area contributed by atoms with Crippen LogP contribution in [0.2, 0.25) is 0 Å². The van der Waals surface area contributed by atoms with Crippen molar-refractivity contribution in [1.82, 2.24) is 15.6 Å². The number of nitrogens with one attached hydrogen (secondary N) is 2. The fourth-order valence-electron chi connectivity index (χ4n) is 2.84. The van der Waals surface area contributed by atoms with Gasteiger partial charge in [-0.1, -0.05) is 18.2 Å². The van der Waals surface area contributed by atoms with Crippen LogP contribution in [0.15, 0.2) is 46.0 Å². The third-order valence-corrected chi connectivity index (χ3v) is 4.37. The lowest BCUT2D eigenvalue weighted by atomic mass is 10.1. The minimum absolute atomic E-state index is 0.550. The van der Waals surface area contributed by atoms with Crippen molar-refractivity contribution in [2.24, 2.45) is 10.9 Å². The fraction of sp³-hybridized carbons (Fsp3) is 0.500. The Kier molecular flexibility index (Phi) is 7.68. The summed E-state index contributed by atoms with van der Waals surface area (Å²) in [6.45, 7) is 4.59. The van der Waals surface area contributed by atoms with E-state index in [4.69, 9.17) is 13.9 Å². The Bertz CT molecular complexity index is 696. The van der Waals surface area contributed by atoms with Gasteiger partial charge in [0.25, 0.3) is 0 Å². The Morgan fingerprint density at radius 2 is 2.19 bits per heavy atom. The van der Waals surface area contributed by atoms with Gasteiger partial charge in [-0.05, 0) is 25.0 Å². The highest BCUT2D eigenvalue weighted by Crippen LogP contribution is 2.17. The maximum absolute atomic E-state index is 5.70. The largest absolute Gasteiger partial charge is 0.444 e. The second-order valence-electron chi connectivity index (χ2n) is 6.52. The molecule has 27 heavy (non-hydrogen) atoms. The van der Waals surface area contributed by atoms with E-state index >= 15 is 0 Å². The van der Waals surface area contributed by atoms with Gasteiger partial charge >= 0.3 is 0 Å². The van der Waals surface area contributed by atoms with E-state index in [1.807, 2.05) is 30.3 Å². The van der Waals surface area contributed by atoms with Gasteiger partial charge in [0.05, 0.1) is 25.5 Å². The van der Waals surface area contributed by atoms with Gasteiger partial charge in [0.1, 0.15) is 6.26 Å². The molecule has 7 nitrogen and oxygen atoms in total. The maximum atomic E-state index is 5.70. The van der Waals surface area contributed by atoms with E-state index in [1.54, 1.807) is 13.3 Å². The predicted molar refractivity (Wildman–Crippen MR) is 105 cm³/mol. The van der Waals surface area contributed by atoms with Crippen molar-refractivity contribution in [3.8, 4) is 11.5 Å². The summed E-state index contributed by atoms with van der Waals surface area (Å²) in [5.41, 5.74) is 1.80. The van der Waals surface area contributed by atoms with Gasteiger partial charge in [-0.25, -0.2) is 4.98 Å². The first-order valence-electron chi connectivity index (χ1n) is 9.45. The van der Waals surface area contributed by atoms with Crippen LogP contribution in [0.1, 0.15) is 18.5 Å². The number of ether oxygens (including phenoxy) is 2. The third kappa shape index (κ3) is 6.37. The number of benzene rings is 1. The molecule has 0 amide bonds. The van der Waals surface area contributed by atoms with Crippen LogP contribution in [-0.2, 0) is 16.0 Å². The molecule has 2 aromatic rings. The number of hydrogen-bond donors (Lipinski definition) is 2. The first-order chi connectivity index (χ1) is 13.3. The van der Waals surface area contributed by atoms with E-state index in [1.165, 1.54) is 0 Å². The molecule has 7 heteroatoms. The molecule has 0 saturated carbocycles. The Labute approximate surface area is 160 Å². The molecule has 1 fully saturated rings. The van der Waals surface area contributed by atoms with E-state index in [9.17, 15) is 0 Å². The number of oxazole rings is 1. The minimum atomic E-state index is 0.550. The average Bonchev–Trinajstić information content (AvgIpc) is 3.39. The minimum Gasteiger partial charge on any atom is -0.444 e. The summed E-state index contributed by atoms with van der Waals surface area (Å²) in [4.78, 5) is 8.73. The van der Waals surface area contributed by atoms with Gasteiger partial charge in [0, 0.05) is 38.3 Å². The van der Waals surface area contributed by atoms with Gasteiger partial charge < -0.3 is 24.5 Å². The van der Waals surface area contributed by atoms with Crippen molar-refractivity contribution in [2.75, 3.05) is 40.0 Å². The SMILES string of the molecule is CN=C(NCCCOCC1CCOC1)NCc1coc(-c2ccccc2)n1. The zero-order valence-electron chi connectivity index (χ0n) is 15.8. The van der Waals surface area contributed by atoms with Gasteiger partial charge in [-0.15, -0.1) is 0 Å². The molecule has 0 spiro atoms. The van der Waals surface area contributed by atoms with E-state index in [2.05, 4.69) is 20.6 Å². The molecule has 1 aromatic heterocycles. The average molecular weight is 372 g/mol. The smallest absolute Gasteiger partial charge is 0.226 e. The highest BCUT2D eigenvalue weighted by molar-refractivity contribution is 5.79. The van der Waals surface area contributed by atoms with E-state index in [0.717, 1.165) is 63.0 Å². The Hall–Kier alpha value is -2.38. The molecule has 2 N–H and O–H groups in total. The van der Waals surface area contributed by atoms with E-state index in [-0.39, 0.29) is 0 Å². The van der Waals surface area contributed by atoms with Gasteiger partial charge in [-0.2, -0.15) is 0 Å². The van der Waals surface area contributed by atoms with Crippen molar-refractivity contribution in [3.63, 3.8) is 0 Å². The van der Waals surface area contributed by atoms with E-state index < -0.39 is 0 Å². The normalized spacial score (nSPS) is 17.2. The number of rotatable bonds is 9. The van der Waals surface area contributed by atoms with Gasteiger partial charge in [-0.3, -0.25) is 4.99 Å². The number of aliphatic imine (C=N–C) groups is 1. The van der Waals surface area contributed by atoms with Gasteiger partial charge in [0.15, 0.2) is 5.96 Å². The van der Waals surface area contributed by atoms with Crippen molar-refractivity contribution >= 4 is 5.96 Å². The molecule has 0 bridgehead atoms. The third-order valence-electron chi connectivity index (χ3n) is 4.37. The standard InChI is InChI=1S/C20H28N4O3/c1-21-20(22-9-5-10-25-13-16-8-11-26-14-16)23-12-18-15-27-19(24-18)17-6-3-2-4-7-17/h2-4,6-7,15-16H,5,8-14H2,1H3,(H2,21,22,23). The van der Waals surface area contributed by atoms with E-state index in [0.29, 0.717) is 18.4 Å². The molecule has 1 aliphatic rings. The quantitative estimate of drug-likeness (QED) is 0.400. The topological polar surface area (TPSA) is 80.9 Å². The number of hydrogen-bond acceptors (Lipinski definition) is 5. The summed E-state index contributed by atoms with van der Waals surface area (Å²) < 4.78 is 16.6. The molecule has 146 valence electrons. The van der Waals surface area contributed by atoms with Crippen LogP contribution in [0.3, 0.4) is 0 Å². The van der Waals surface area contributed by atoms with Crippen LogP contribution in [0.5, 0.6) is 0 Å². The Balaban J connectivity index is 1.31. The van der Waals surface area contributed by atoms with Crippen molar-refractivity contribution in [3.05, 3.63) is 42.3 Å². The van der Waals surface area contributed by atoms with Crippen molar-refractivity contribution in [2.45, 2.75) is 19.4 Å². The molecule has 3 rings (SSSR count). The lowest BCUT2D eigenvalue weighted by Crippen LogP contribution is -2.37. The monoisotopic (exact) mass is 372 g/mol. The number of aromatic nitrogens is 1. The molecule has 1 unspecified atom stereocenters. The van der Waals surface area contributed by atoms with Crippen LogP contribution in [0.25, 0.3) is 11.5 Å². The maximum Gasteiger partial charge on any atom is 0.226 e. The Morgan fingerprint density at radius 1 is 1.30 bits per heavy atom. The lowest BCUT2D eigenvalue weighted by Gasteiger charge is -2.12. The molecule has 0 radical (unpaired) electrons. The molecular weight excluding hydrogens is 344 g/mol. The molecule has 1 aromatic carbocycles. The van der Waals surface area contributed by atoms with Crippen molar-refractivity contribution < 1.29 is 13.9 Å². The van der Waals surface area contributed by atoms with Gasteiger partial charge in [0.2, 0.25) is 5.89 Å². The molecule has 2 heterocycles. The summed E-state index contributed by atoms with van der Waals surface area (Å²) in [7, 11) is 1.75. The highest BCUT2D eigenvalue weighted by atomic mass is 16.5. The van der Waals surface area contributed by atoms with Crippen LogP contribution in [-0.4, -0.2) is 51.0 Å². The molecule has 1 aliphatic heterocycles. The zero-order valence-corrected chi connectivity index (χ0v) is 15.8. The van der Waals surface area contributed by atoms with Crippen molar-refractivity contribution in [1.29, 1.82) is 0 Å². The van der Waals surface area contributed by atoms with Crippen LogP contribution in [0.4, 0.5) is 0 Å². The summed E-state index contributed by atoms with van der Waals surface area (Å²) in [6, 6.07) is 9.86. The predicted octanol–water partition coefficient (Wildman–Crippen LogP) is 2.45. The number of nitrogens with zero attached hydrogens (tertiary/aromatic N) is 2. The second kappa shape index (κ2) is 10.7. The molecular formula is C20H28N4O3. The second-order valence-corrected chi connectivity index (χ2v) is 6.52. The molecule has 0 aliphatic carbocycles. The summed E-state index contributed by atoms with van der Waals surface area (Å²) in [5, 5.41) is 6.53. The fourth-order valence-corrected chi connectivity index (χ4v) is 2.84. The summed E-state index contributed by atoms with van der Waals surface area (Å²) in [6.07, 6.45) is 3.71. The lowest BCUT2D eigenvalue weighted by molar-refractivity contribution is 0.0888. The number of guanidine groups is 1. The summed E-state index contributed by atoms with van der Waals surface area (Å²) in [5.74, 6) is 1.93.